The van der Waals surface area contributed by atoms with Gasteiger partial charge in [0.05, 0.1) is 24.2 Å². The predicted octanol–water partition coefficient (Wildman–Crippen LogP) is 2.65. The number of aromatic amines is 1. The second-order valence-electron chi connectivity index (χ2n) is 5.97. The van der Waals surface area contributed by atoms with Gasteiger partial charge >= 0.3 is 0 Å². The van der Waals surface area contributed by atoms with Crippen molar-refractivity contribution in [2.24, 2.45) is 0 Å². The number of nitrogens with one attached hydrogen (secondary N) is 1. The summed E-state index contributed by atoms with van der Waals surface area (Å²) in [7, 11) is 0. The van der Waals surface area contributed by atoms with E-state index >= 15 is 0 Å². The Kier molecular flexibility index (Phi) is 5.58. The number of carbonyl (C=O) groups is 1. The first-order valence-electron chi connectivity index (χ1n) is 8.26. The molecule has 5 nitrogen and oxygen atoms in total. The van der Waals surface area contributed by atoms with E-state index in [4.69, 9.17) is 4.74 Å². The third kappa shape index (κ3) is 4.19. The summed E-state index contributed by atoms with van der Waals surface area (Å²) in [6.07, 6.45) is 0.801. The van der Waals surface area contributed by atoms with Gasteiger partial charge in [0.2, 0.25) is 5.91 Å². The van der Waals surface area contributed by atoms with Crippen LogP contribution in [0.1, 0.15) is 23.9 Å². The molecule has 1 fully saturated rings. The van der Waals surface area contributed by atoms with Crippen molar-refractivity contribution >= 4 is 17.7 Å². The quantitative estimate of drug-likeness (QED) is 0.847. The number of imidazole rings is 1. The summed E-state index contributed by atoms with van der Waals surface area (Å²) in [6.45, 7) is 6.59. The van der Waals surface area contributed by atoms with Crippen molar-refractivity contribution in [2.45, 2.75) is 30.7 Å². The maximum absolute atomic E-state index is 12.5. The fourth-order valence-corrected chi connectivity index (χ4v) is 3.70. The molecule has 1 saturated heterocycles. The number of morpholine rings is 1. The lowest BCUT2D eigenvalue weighted by molar-refractivity contribution is -0.134. The minimum Gasteiger partial charge on any atom is -0.378 e. The van der Waals surface area contributed by atoms with E-state index in [-0.39, 0.29) is 11.2 Å². The van der Waals surface area contributed by atoms with E-state index in [0.29, 0.717) is 26.3 Å². The highest BCUT2D eigenvalue weighted by Gasteiger charge is 2.24. The molecule has 0 bridgehead atoms. The first kappa shape index (κ1) is 17.0. The number of hydrogen-bond donors (Lipinski definition) is 1. The van der Waals surface area contributed by atoms with Gasteiger partial charge in [-0.2, -0.15) is 0 Å². The van der Waals surface area contributed by atoms with Crippen LogP contribution in [0.3, 0.4) is 0 Å². The van der Waals surface area contributed by atoms with E-state index in [0.717, 1.165) is 23.0 Å². The van der Waals surface area contributed by atoms with Crippen molar-refractivity contribution in [3.05, 3.63) is 47.3 Å². The molecule has 1 unspecified atom stereocenters. The van der Waals surface area contributed by atoms with Crippen molar-refractivity contribution in [1.29, 1.82) is 0 Å². The average molecular weight is 345 g/mol. The molecule has 0 aliphatic carbocycles. The summed E-state index contributed by atoms with van der Waals surface area (Å²) in [5, 5.41) is 0.658. The van der Waals surface area contributed by atoms with Crippen LogP contribution in [0.4, 0.5) is 0 Å². The molecule has 0 radical (unpaired) electrons. The highest BCUT2D eigenvalue weighted by molar-refractivity contribution is 8.00. The predicted molar refractivity (Wildman–Crippen MR) is 95.3 cm³/mol. The monoisotopic (exact) mass is 345 g/mol. The van der Waals surface area contributed by atoms with Gasteiger partial charge in [0.15, 0.2) is 5.16 Å². The minimum atomic E-state index is -0.154. The van der Waals surface area contributed by atoms with E-state index in [1.165, 1.54) is 17.3 Å². The van der Waals surface area contributed by atoms with Crippen LogP contribution in [-0.2, 0) is 16.0 Å². The zero-order valence-electron chi connectivity index (χ0n) is 14.1. The summed E-state index contributed by atoms with van der Waals surface area (Å²) in [6, 6.07) is 10.3. The molecule has 1 aliphatic rings. The van der Waals surface area contributed by atoms with Crippen molar-refractivity contribution in [3.63, 3.8) is 0 Å². The first-order chi connectivity index (χ1) is 11.6. The zero-order valence-corrected chi connectivity index (χ0v) is 14.9. The Labute approximate surface area is 146 Å². The summed E-state index contributed by atoms with van der Waals surface area (Å²) in [4.78, 5) is 22.4. The Hall–Kier alpha value is -1.79. The summed E-state index contributed by atoms with van der Waals surface area (Å²) < 4.78 is 5.30. The van der Waals surface area contributed by atoms with Crippen LogP contribution < -0.4 is 0 Å². The molecule has 0 spiro atoms. The van der Waals surface area contributed by atoms with Crippen LogP contribution in [0.5, 0.6) is 0 Å². The number of ether oxygens (including phenoxy) is 1. The third-order valence-corrected chi connectivity index (χ3v) is 5.11. The molecule has 1 aromatic carbocycles. The number of aryl methyl sites for hydroxylation is 1. The largest absolute Gasteiger partial charge is 0.378 e. The topological polar surface area (TPSA) is 58.2 Å². The normalized spacial score (nSPS) is 16.2. The van der Waals surface area contributed by atoms with E-state index < -0.39 is 0 Å². The molecule has 128 valence electrons. The third-order valence-electron chi connectivity index (χ3n) is 4.14. The zero-order chi connectivity index (χ0) is 16.9. The molecule has 2 aromatic rings. The fourth-order valence-electron chi connectivity index (χ4n) is 2.74. The molecule has 0 saturated carbocycles. The average Bonchev–Trinajstić information content (AvgIpc) is 2.95. The van der Waals surface area contributed by atoms with Crippen molar-refractivity contribution in [3.8, 4) is 0 Å². The second-order valence-corrected chi connectivity index (χ2v) is 7.30. The van der Waals surface area contributed by atoms with Crippen molar-refractivity contribution < 1.29 is 9.53 Å². The first-order valence-corrected chi connectivity index (χ1v) is 9.14. The lowest BCUT2D eigenvalue weighted by Gasteiger charge is -2.28. The Bertz CT molecular complexity index is 681. The van der Waals surface area contributed by atoms with Crippen LogP contribution in [0.2, 0.25) is 0 Å². The van der Waals surface area contributed by atoms with Gasteiger partial charge in [-0.25, -0.2) is 4.98 Å². The number of amides is 1. The molecule has 2 heterocycles. The Morgan fingerprint density at radius 1 is 1.33 bits per heavy atom. The van der Waals surface area contributed by atoms with Gasteiger partial charge in [0.1, 0.15) is 0 Å². The lowest BCUT2D eigenvalue weighted by atomic mass is 10.1. The van der Waals surface area contributed by atoms with Crippen molar-refractivity contribution in [2.75, 3.05) is 26.3 Å². The summed E-state index contributed by atoms with van der Waals surface area (Å²) in [5.74, 6) is 0.155. The number of thioether (sulfide) groups is 1. The summed E-state index contributed by atoms with van der Waals surface area (Å²) in [5.41, 5.74) is 3.34. The van der Waals surface area contributed by atoms with Gasteiger partial charge in [-0.1, -0.05) is 42.1 Å². The highest BCUT2D eigenvalue weighted by atomic mass is 32.2. The summed E-state index contributed by atoms with van der Waals surface area (Å²) >= 11 is 1.49. The molecular formula is C18H23N3O2S. The van der Waals surface area contributed by atoms with E-state index in [2.05, 4.69) is 22.1 Å². The molecule has 1 amide bonds. The number of H-pyrrole nitrogens is 1. The van der Waals surface area contributed by atoms with Gasteiger partial charge < -0.3 is 14.6 Å². The highest BCUT2D eigenvalue weighted by Crippen LogP contribution is 2.24. The molecule has 1 N–H and O–H groups in total. The molecular weight excluding hydrogens is 322 g/mol. The molecule has 6 heteroatoms. The fraction of sp³-hybridized carbons (Fsp3) is 0.444. The molecule has 3 rings (SSSR count). The van der Waals surface area contributed by atoms with Crippen LogP contribution in [0, 0.1) is 6.92 Å². The van der Waals surface area contributed by atoms with Gasteiger partial charge in [0, 0.05) is 25.2 Å². The molecule has 1 aromatic heterocycles. The van der Waals surface area contributed by atoms with Crippen LogP contribution >= 0.6 is 11.8 Å². The number of carbonyl (C=O) groups excluding carboxylic acids is 1. The van der Waals surface area contributed by atoms with Gasteiger partial charge in [-0.3, -0.25) is 4.79 Å². The SMILES string of the molecule is Cc1[nH]c(SC(C)C(=O)N2CCOCC2)nc1Cc1ccccc1. The smallest absolute Gasteiger partial charge is 0.236 e. The number of rotatable bonds is 5. The molecule has 1 aliphatic heterocycles. The van der Waals surface area contributed by atoms with Crippen LogP contribution in [0.15, 0.2) is 35.5 Å². The van der Waals surface area contributed by atoms with Crippen molar-refractivity contribution in [1.82, 2.24) is 14.9 Å². The molecule has 1 atom stereocenters. The lowest BCUT2D eigenvalue weighted by Crippen LogP contribution is -2.44. The minimum absolute atomic E-state index is 0.154. The number of nitrogens with zero attached hydrogens (tertiary/aromatic N) is 2. The van der Waals surface area contributed by atoms with Crippen LogP contribution in [0.25, 0.3) is 0 Å². The maximum atomic E-state index is 12.5. The van der Waals surface area contributed by atoms with E-state index in [1.54, 1.807) is 0 Å². The Morgan fingerprint density at radius 2 is 2.04 bits per heavy atom. The van der Waals surface area contributed by atoms with Gasteiger partial charge in [0.25, 0.3) is 0 Å². The molecule has 24 heavy (non-hydrogen) atoms. The van der Waals surface area contributed by atoms with Crippen LogP contribution in [-0.4, -0.2) is 52.3 Å². The Balaban J connectivity index is 1.63. The number of hydrogen-bond acceptors (Lipinski definition) is 4. The van der Waals surface area contributed by atoms with Gasteiger partial charge in [-0.05, 0) is 19.4 Å². The Morgan fingerprint density at radius 3 is 2.75 bits per heavy atom. The van der Waals surface area contributed by atoms with E-state index in [1.807, 2.05) is 36.9 Å². The number of aromatic nitrogens is 2. The van der Waals surface area contributed by atoms with E-state index in [9.17, 15) is 4.79 Å². The van der Waals surface area contributed by atoms with Gasteiger partial charge in [-0.15, -0.1) is 0 Å². The number of benzene rings is 1. The second kappa shape index (κ2) is 7.85. The maximum Gasteiger partial charge on any atom is 0.236 e. The standard InChI is InChI=1S/C18H23N3O2S/c1-13-16(12-15-6-4-3-5-7-15)20-18(19-13)24-14(2)17(22)21-8-10-23-11-9-21/h3-7,14H,8-12H2,1-2H3,(H,19,20).